The Morgan fingerprint density at radius 2 is 1.81 bits per heavy atom. The van der Waals surface area contributed by atoms with Gasteiger partial charge < -0.3 is 20.5 Å². The predicted octanol–water partition coefficient (Wildman–Crippen LogP) is 3.35. The van der Waals surface area contributed by atoms with E-state index in [2.05, 4.69) is 5.32 Å². The highest BCUT2D eigenvalue weighted by Gasteiger charge is 2.39. The van der Waals surface area contributed by atoms with Crippen LogP contribution in [0.1, 0.15) is 37.8 Å². The topological polar surface area (TPSA) is 137 Å². The third kappa shape index (κ3) is 6.95. The van der Waals surface area contributed by atoms with Crippen molar-refractivity contribution in [3.63, 3.8) is 0 Å². The molecule has 0 aliphatic carbocycles. The Morgan fingerprint density at radius 3 is 2.46 bits per heavy atom. The average Bonchev–Trinajstić information content (AvgIpc) is 2.83. The number of nitro benzene ring substituents is 1. The highest BCUT2D eigenvalue weighted by Crippen LogP contribution is 2.39. The second-order valence-electron chi connectivity index (χ2n) is 9.09. The summed E-state index contributed by atoms with van der Waals surface area (Å²) in [5.41, 5.74) is 8.04. The molecular formula is C27H32N4O6. The zero-order valence-electron chi connectivity index (χ0n) is 21.4. The Morgan fingerprint density at radius 1 is 1.11 bits per heavy atom. The summed E-state index contributed by atoms with van der Waals surface area (Å²) in [5, 5.41) is 14.3. The normalized spacial score (nSPS) is 15.6. The standard InChI is InChI=1S/C27H32N4O6/c1-17(2)37-27(33)22-18(3)29-25(28)24(23(22)20-11-8-12-21(15-20)31(34)35)26(32)36-14-13-30(4)16-19-9-6-5-7-10-19/h5-12,15,17,23,29H,13-14,16,28H2,1-4H3. The van der Waals surface area contributed by atoms with Gasteiger partial charge in [0.15, 0.2) is 0 Å². The Hall–Kier alpha value is -4.18. The molecule has 1 unspecified atom stereocenters. The molecule has 1 heterocycles. The zero-order valence-corrected chi connectivity index (χ0v) is 21.4. The van der Waals surface area contributed by atoms with Gasteiger partial charge in [-0.3, -0.25) is 15.0 Å². The molecule has 0 aromatic heterocycles. The lowest BCUT2D eigenvalue weighted by atomic mass is 9.81. The van der Waals surface area contributed by atoms with Crippen LogP contribution in [0.3, 0.4) is 0 Å². The van der Waals surface area contributed by atoms with Gasteiger partial charge in [0.2, 0.25) is 0 Å². The van der Waals surface area contributed by atoms with Crippen LogP contribution in [-0.4, -0.2) is 48.1 Å². The van der Waals surface area contributed by atoms with Crippen LogP contribution in [0.25, 0.3) is 0 Å². The van der Waals surface area contributed by atoms with Gasteiger partial charge in [-0.15, -0.1) is 0 Å². The van der Waals surface area contributed by atoms with Crippen molar-refractivity contribution in [3.05, 3.63) is 98.5 Å². The Kier molecular flexibility index (Phi) is 9.02. The Labute approximate surface area is 215 Å². The number of dihydropyridines is 1. The van der Waals surface area contributed by atoms with Gasteiger partial charge in [-0.05, 0) is 38.9 Å². The molecule has 1 atom stereocenters. The van der Waals surface area contributed by atoms with Crippen LogP contribution in [0.15, 0.2) is 77.3 Å². The number of nitrogens with one attached hydrogen (secondary N) is 1. The fourth-order valence-corrected chi connectivity index (χ4v) is 4.13. The van der Waals surface area contributed by atoms with Gasteiger partial charge in [0.1, 0.15) is 12.4 Å². The molecule has 0 amide bonds. The molecule has 10 nitrogen and oxygen atoms in total. The molecule has 0 radical (unpaired) electrons. The first-order chi connectivity index (χ1) is 17.6. The van der Waals surface area contributed by atoms with Crippen LogP contribution in [0.2, 0.25) is 0 Å². The van der Waals surface area contributed by atoms with Gasteiger partial charge in [0.25, 0.3) is 5.69 Å². The van der Waals surface area contributed by atoms with Crippen molar-refractivity contribution in [3.8, 4) is 0 Å². The van der Waals surface area contributed by atoms with Crippen molar-refractivity contribution in [1.82, 2.24) is 10.2 Å². The highest BCUT2D eigenvalue weighted by atomic mass is 16.6. The molecule has 10 heteroatoms. The highest BCUT2D eigenvalue weighted by molar-refractivity contribution is 6.00. The molecule has 3 rings (SSSR count). The Bertz CT molecular complexity index is 1220. The number of rotatable bonds is 10. The summed E-state index contributed by atoms with van der Waals surface area (Å²) in [6.45, 7) is 6.26. The molecule has 0 saturated carbocycles. The molecule has 0 spiro atoms. The molecule has 0 fully saturated rings. The van der Waals surface area contributed by atoms with E-state index in [0.29, 0.717) is 24.4 Å². The summed E-state index contributed by atoms with van der Waals surface area (Å²) in [6.07, 6.45) is -0.419. The van der Waals surface area contributed by atoms with E-state index in [0.717, 1.165) is 5.56 Å². The van der Waals surface area contributed by atoms with E-state index >= 15 is 0 Å². The summed E-state index contributed by atoms with van der Waals surface area (Å²) >= 11 is 0. The van der Waals surface area contributed by atoms with Crippen molar-refractivity contribution in [2.45, 2.75) is 39.3 Å². The van der Waals surface area contributed by atoms with Crippen molar-refractivity contribution in [1.29, 1.82) is 0 Å². The molecule has 1 aliphatic heterocycles. The van der Waals surface area contributed by atoms with Crippen molar-refractivity contribution < 1.29 is 24.0 Å². The van der Waals surface area contributed by atoms with Gasteiger partial charge in [-0.2, -0.15) is 0 Å². The maximum absolute atomic E-state index is 13.3. The smallest absolute Gasteiger partial charge is 0.338 e. The van der Waals surface area contributed by atoms with Crippen LogP contribution < -0.4 is 11.1 Å². The van der Waals surface area contributed by atoms with E-state index in [1.807, 2.05) is 42.3 Å². The molecule has 196 valence electrons. The molecule has 3 N–H and O–H groups in total. The molecule has 37 heavy (non-hydrogen) atoms. The predicted molar refractivity (Wildman–Crippen MR) is 138 cm³/mol. The third-order valence-corrected chi connectivity index (χ3v) is 5.79. The number of hydrogen-bond acceptors (Lipinski definition) is 9. The zero-order chi connectivity index (χ0) is 27.1. The summed E-state index contributed by atoms with van der Waals surface area (Å²) < 4.78 is 11.0. The average molecular weight is 509 g/mol. The number of carbonyl (C=O) groups is 2. The van der Waals surface area contributed by atoms with Crippen LogP contribution >= 0.6 is 0 Å². The van der Waals surface area contributed by atoms with Gasteiger partial charge in [-0.1, -0.05) is 42.5 Å². The SMILES string of the molecule is CC1=C(C(=O)OC(C)C)C(c2cccc([N+](=O)[O-])c2)C(C(=O)OCCN(C)Cc2ccccc2)=C(N)N1. The lowest BCUT2D eigenvalue weighted by molar-refractivity contribution is -0.384. The number of hydrogen-bond donors (Lipinski definition) is 2. The minimum absolute atomic E-state index is 0.00693. The molecule has 1 aliphatic rings. The Balaban J connectivity index is 1.87. The van der Waals surface area contributed by atoms with Crippen LogP contribution in [0.5, 0.6) is 0 Å². The lowest BCUT2D eigenvalue weighted by Crippen LogP contribution is -2.37. The summed E-state index contributed by atoms with van der Waals surface area (Å²) in [7, 11) is 1.91. The van der Waals surface area contributed by atoms with Gasteiger partial charge in [0.05, 0.1) is 28.1 Å². The van der Waals surface area contributed by atoms with Crippen molar-refractivity contribution in [2.24, 2.45) is 5.73 Å². The monoisotopic (exact) mass is 508 g/mol. The number of likely N-dealkylation sites (N-methyl/N-ethyl adjacent to an activating group) is 1. The quantitative estimate of drug-likeness (QED) is 0.281. The van der Waals surface area contributed by atoms with Gasteiger partial charge in [-0.25, -0.2) is 9.59 Å². The molecule has 2 aromatic carbocycles. The van der Waals surface area contributed by atoms with E-state index in [9.17, 15) is 19.7 Å². The number of esters is 2. The second kappa shape index (κ2) is 12.2. The van der Waals surface area contributed by atoms with E-state index in [-0.39, 0.29) is 29.3 Å². The van der Waals surface area contributed by atoms with Crippen LogP contribution in [0.4, 0.5) is 5.69 Å². The number of allylic oxidation sites excluding steroid dienone is 1. The van der Waals surface area contributed by atoms with Gasteiger partial charge in [0, 0.05) is 30.9 Å². The first-order valence-corrected chi connectivity index (χ1v) is 11.9. The molecule has 0 bridgehead atoms. The fourth-order valence-electron chi connectivity index (χ4n) is 4.13. The number of nitro groups is 1. The van der Waals surface area contributed by atoms with Gasteiger partial charge >= 0.3 is 11.9 Å². The van der Waals surface area contributed by atoms with Crippen molar-refractivity contribution >= 4 is 17.6 Å². The van der Waals surface area contributed by atoms with Crippen LogP contribution in [-0.2, 0) is 25.6 Å². The number of carbonyl (C=O) groups excluding carboxylic acids is 2. The molecular weight excluding hydrogens is 476 g/mol. The molecule has 0 saturated heterocycles. The second-order valence-corrected chi connectivity index (χ2v) is 9.09. The van der Waals surface area contributed by atoms with Crippen LogP contribution in [0, 0.1) is 10.1 Å². The number of benzene rings is 2. The number of ether oxygens (including phenoxy) is 2. The van der Waals surface area contributed by atoms with E-state index in [1.54, 1.807) is 26.8 Å². The first-order valence-electron chi connectivity index (χ1n) is 11.9. The number of nitrogens with zero attached hydrogens (tertiary/aromatic N) is 2. The van der Waals surface area contributed by atoms with Crippen molar-refractivity contribution in [2.75, 3.05) is 20.2 Å². The van der Waals surface area contributed by atoms with E-state index in [1.165, 1.54) is 18.2 Å². The number of non-ortho nitro benzene ring substituents is 1. The minimum atomic E-state index is -1.01. The minimum Gasteiger partial charge on any atom is -0.461 e. The maximum Gasteiger partial charge on any atom is 0.338 e. The van der Waals surface area contributed by atoms with E-state index < -0.39 is 28.9 Å². The largest absolute Gasteiger partial charge is 0.461 e. The fraction of sp³-hybridized carbons (Fsp3) is 0.333. The van der Waals surface area contributed by atoms with E-state index in [4.69, 9.17) is 15.2 Å². The number of nitrogens with two attached hydrogens (primary N) is 1. The summed E-state index contributed by atoms with van der Waals surface area (Å²) in [6, 6.07) is 15.6. The molecule has 2 aromatic rings. The summed E-state index contributed by atoms with van der Waals surface area (Å²) in [5.74, 6) is -2.38. The first kappa shape index (κ1) is 27.4. The maximum atomic E-state index is 13.3. The summed E-state index contributed by atoms with van der Waals surface area (Å²) in [4.78, 5) is 39.3. The third-order valence-electron chi connectivity index (χ3n) is 5.79. The lowest BCUT2D eigenvalue weighted by Gasteiger charge is -2.30.